The fraction of sp³-hybridized carbons (Fsp3) is 0.278. The highest BCUT2D eigenvalue weighted by Crippen LogP contribution is 2.20. The molecule has 0 fully saturated rings. The number of hydrogen-bond acceptors (Lipinski definition) is 4. The van der Waals surface area contributed by atoms with Crippen molar-refractivity contribution in [2.24, 2.45) is 0 Å². The lowest BCUT2D eigenvalue weighted by molar-refractivity contribution is -0.115. The monoisotopic (exact) mass is 414 g/mol. The smallest absolute Gasteiger partial charge is 0.240 e. The zero-order chi connectivity index (χ0) is 20.0. The van der Waals surface area contributed by atoms with Crippen LogP contribution in [0.2, 0.25) is 5.02 Å². The Morgan fingerprint density at radius 2 is 1.89 bits per heavy atom. The molecule has 1 atom stereocenters. The van der Waals surface area contributed by atoms with Crippen LogP contribution < -0.4 is 10.0 Å². The van der Waals surface area contributed by atoms with Crippen molar-refractivity contribution >= 4 is 33.2 Å². The summed E-state index contributed by atoms with van der Waals surface area (Å²) < 4.78 is 45.6. The number of benzene rings is 2. The van der Waals surface area contributed by atoms with Gasteiger partial charge in [0, 0.05) is 29.4 Å². The van der Waals surface area contributed by atoms with Crippen LogP contribution in [0.1, 0.15) is 12.5 Å². The third-order valence-corrected chi connectivity index (χ3v) is 5.58. The highest BCUT2D eigenvalue weighted by Gasteiger charge is 2.17. The first kappa shape index (κ1) is 21.3. The Balaban J connectivity index is 2.04. The third kappa shape index (κ3) is 6.00. The van der Waals surface area contributed by atoms with Crippen molar-refractivity contribution in [3.63, 3.8) is 0 Å². The van der Waals surface area contributed by atoms with Crippen LogP contribution in [-0.2, 0) is 26.0 Å². The normalized spacial score (nSPS) is 12.6. The molecule has 0 aromatic heterocycles. The molecule has 27 heavy (non-hydrogen) atoms. The predicted octanol–water partition coefficient (Wildman–Crippen LogP) is 2.97. The van der Waals surface area contributed by atoms with Gasteiger partial charge >= 0.3 is 0 Å². The first-order valence-electron chi connectivity index (χ1n) is 8.07. The summed E-state index contributed by atoms with van der Waals surface area (Å²) in [6.45, 7) is 1.93. The van der Waals surface area contributed by atoms with E-state index in [-0.39, 0.29) is 34.6 Å². The molecule has 0 aliphatic rings. The average Bonchev–Trinajstić information content (AvgIpc) is 2.58. The van der Waals surface area contributed by atoms with Crippen LogP contribution in [-0.4, -0.2) is 34.1 Å². The summed E-state index contributed by atoms with van der Waals surface area (Å²) in [5, 5.41) is 2.75. The van der Waals surface area contributed by atoms with Gasteiger partial charge < -0.3 is 10.1 Å². The molecule has 2 N–H and O–H groups in total. The van der Waals surface area contributed by atoms with E-state index in [1.54, 1.807) is 6.92 Å². The van der Waals surface area contributed by atoms with Gasteiger partial charge in [-0.05, 0) is 43.3 Å². The Kier molecular flexibility index (Phi) is 7.32. The lowest BCUT2D eigenvalue weighted by atomic mass is 10.1. The van der Waals surface area contributed by atoms with Crippen LogP contribution in [0.15, 0.2) is 47.4 Å². The third-order valence-electron chi connectivity index (χ3n) is 3.62. The predicted molar refractivity (Wildman–Crippen MR) is 102 cm³/mol. The van der Waals surface area contributed by atoms with Gasteiger partial charge in [-0.2, -0.15) is 0 Å². The standard InChI is InChI=1S/C18H20ClFN2O4S/c1-12(11-26-2)22-27(24,25)14-8-6-13(7-9-14)21-18(23)10-15-16(19)4-3-5-17(15)20/h3-9,12,22H,10-11H2,1-2H3,(H,21,23). The van der Waals surface area contributed by atoms with Crippen molar-refractivity contribution in [1.29, 1.82) is 0 Å². The quantitative estimate of drug-likeness (QED) is 0.695. The molecule has 1 amide bonds. The molecule has 1 unspecified atom stereocenters. The zero-order valence-corrected chi connectivity index (χ0v) is 16.4. The van der Waals surface area contributed by atoms with Crippen molar-refractivity contribution < 1.29 is 22.3 Å². The van der Waals surface area contributed by atoms with Crippen LogP contribution in [0.25, 0.3) is 0 Å². The van der Waals surface area contributed by atoms with E-state index in [1.807, 2.05) is 0 Å². The van der Waals surface area contributed by atoms with Gasteiger partial charge in [0.2, 0.25) is 15.9 Å². The first-order chi connectivity index (χ1) is 12.7. The number of sulfonamides is 1. The fourth-order valence-electron chi connectivity index (χ4n) is 2.40. The summed E-state index contributed by atoms with van der Waals surface area (Å²) in [7, 11) is -2.21. The number of methoxy groups -OCH3 is 1. The van der Waals surface area contributed by atoms with Gasteiger partial charge in [0.25, 0.3) is 0 Å². The Morgan fingerprint density at radius 1 is 1.22 bits per heavy atom. The number of nitrogens with one attached hydrogen (secondary N) is 2. The van der Waals surface area contributed by atoms with E-state index < -0.39 is 21.7 Å². The van der Waals surface area contributed by atoms with Crippen LogP contribution in [0.5, 0.6) is 0 Å². The van der Waals surface area contributed by atoms with Crippen LogP contribution >= 0.6 is 11.6 Å². The van der Waals surface area contributed by atoms with Crippen molar-refractivity contribution in [3.05, 3.63) is 58.9 Å². The average molecular weight is 415 g/mol. The first-order valence-corrected chi connectivity index (χ1v) is 9.93. The number of carbonyl (C=O) groups is 1. The number of ether oxygens (including phenoxy) is 1. The summed E-state index contributed by atoms with van der Waals surface area (Å²) in [6.07, 6.45) is -0.234. The Hall–Kier alpha value is -2.00. The Bertz CT molecular complexity index is 884. The second-order valence-electron chi connectivity index (χ2n) is 5.93. The molecule has 0 radical (unpaired) electrons. The van der Waals surface area contributed by atoms with Crippen LogP contribution in [0, 0.1) is 5.82 Å². The van der Waals surface area contributed by atoms with E-state index in [4.69, 9.17) is 16.3 Å². The molecule has 0 saturated heterocycles. The molecule has 0 aliphatic heterocycles. The SMILES string of the molecule is COCC(C)NS(=O)(=O)c1ccc(NC(=O)Cc2c(F)cccc2Cl)cc1. The number of carbonyl (C=O) groups excluding carboxylic acids is 1. The van der Waals surface area contributed by atoms with Crippen molar-refractivity contribution in [1.82, 2.24) is 4.72 Å². The maximum absolute atomic E-state index is 13.7. The molecule has 0 aliphatic carbocycles. The van der Waals surface area contributed by atoms with Crippen molar-refractivity contribution in [2.75, 3.05) is 19.0 Å². The molecule has 6 nitrogen and oxygen atoms in total. The minimum Gasteiger partial charge on any atom is -0.383 e. The lowest BCUT2D eigenvalue weighted by Crippen LogP contribution is -2.35. The van der Waals surface area contributed by atoms with Crippen LogP contribution in [0.3, 0.4) is 0 Å². The second kappa shape index (κ2) is 9.27. The molecule has 0 saturated carbocycles. The lowest BCUT2D eigenvalue weighted by Gasteiger charge is -2.13. The molecular weight excluding hydrogens is 395 g/mol. The number of anilines is 1. The molecule has 2 aromatic rings. The number of amides is 1. The molecular formula is C18H20ClFN2O4S. The van der Waals surface area contributed by atoms with Gasteiger partial charge in [-0.1, -0.05) is 17.7 Å². The Labute approximate surface area is 162 Å². The fourth-order valence-corrected chi connectivity index (χ4v) is 3.86. The van der Waals surface area contributed by atoms with Gasteiger partial charge in [-0.3, -0.25) is 4.79 Å². The molecule has 9 heteroatoms. The summed E-state index contributed by atoms with van der Waals surface area (Å²) in [5.74, 6) is -1.03. The molecule has 2 aromatic carbocycles. The van der Waals surface area contributed by atoms with E-state index in [9.17, 15) is 17.6 Å². The summed E-state index contributed by atoms with van der Waals surface area (Å²) in [5.41, 5.74) is 0.489. The summed E-state index contributed by atoms with van der Waals surface area (Å²) >= 11 is 5.91. The van der Waals surface area contributed by atoms with Gasteiger partial charge in [-0.15, -0.1) is 0 Å². The number of halogens is 2. The number of hydrogen-bond donors (Lipinski definition) is 2. The van der Waals surface area contributed by atoms with E-state index in [0.717, 1.165) is 0 Å². The maximum Gasteiger partial charge on any atom is 0.240 e. The number of rotatable bonds is 8. The Morgan fingerprint density at radius 3 is 2.48 bits per heavy atom. The highest BCUT2D eigenvalue weighted by molar-refractivity contribution is 7.89. The summed E-state index contributed by atoms with van der Waals surface area (Å²) in [4.78, 5) is 12.2. The molecule has 0 spiro atoms. The van der Waals surface area contributed by atoms with E-state index in [0.29, 0.717) is 5.69 Å². The maximum atomic E-state index is 13.7. The van der Waals surface area contributed by atoms with Crippen molar-refractivity contribution in [2.45, 2.75) is 24.3 Å². The van der Waals surface area contributed by atoms with Gasteiger partial charge in [0.1, 0.15) is 5.82 Å². The van der Waals surface area contributed by atoms with Gasteiger partial charge in [0.15, 0.2) is 0 Å². The second-order valence-corrected chi connectivity index (χ2v) is 8.05. The van der Waals surface area contributed by atoms with E-state index in [2.05, 4.69) is 10.0 Å². The van der Waals surface area contributed by atoms with E-state index >= 15 is 0 Å². The largest absolute Gasteiger partial charge is 0.383 e. The molecule has 2 rings (SSSR count). The molecule has 0 bridgehead atoms. The van der Waals surface area contributed by atoms with E-state index in [1.165, 1.54) is 49.6 Å². The topological polar surface area (TPSA) is 84.5 Å². The van der Waals surface area contributed by atoms with Crippen LogP contribution in [0.4, 0.5) is 10.1 Å². The van der Waals surface area contributed by atoms with Gasteiger partial charge in [0.05, 0.1) is 17.9 Å². The minimum absolute atomic E-state index is 0.0561. The highest BCUT2D eigenvalue weighted by atomic mass is 35.5. The van der Waals surface area contributed by atoms with Crippen molar-refractivity contribution in [3.8, 4) is 0 Å². The molecule has 0 heterocycles. The molecule has 146 valence electrons. The zero-order valence-electron chi connectivity index (χ0n) is 14.8. The van der Waals surface area contributed by atoms with Gasteiger partial charge in [-0.25, -0.2) is 17.5 Å². The minimum atomic E-state index is -3.70. The summed E-state index contributed by atoms with van der Waals surface area (Å²) in [6, 6.07) is 9.45.